The first-order chi connectivity index (χ1) is 12.1. The fraction of sp³-hybridized carbons (Fsp3) is 0.474. The summed E-state index contributed by atoms with van der Waals surface area (Å²) < 4.78 is 0. The second-order valence-electron chi connectivity index (χ2n) is 6.79. The van der Waals surface area contributed by atoms with Gasteiger partial charge in [0.1, 0.15) is 0 Å². The summed E-state index contributed by atoms with van der Waals surface area (Å²) in [5, 5.41) is 18.7. The van der Waals surface area contributed by atoms with E-state index in [1.54, 1.807) is 10.4 Å². The molecule has 3 N–H and O–H groups in total. The van der Waals surface area contributed by atoms with Crippen LogP contribution in [0.4, 0.5) is 0 Å². The van der Waals surface area contributed by atoms with Crippen molar-refractivity contribution in [2.45, 2.75) is 31.8 Å². The normalized spacial score (nSPS) is 26.7. The van der Waals surface area contributed by atoms with Crippen LogP contribution in [0.25, 0.3) is 5.57 Å². The largest absolute Gasteiger partial charge is 0.393 e. The van der Waals surface area contributed by atoms with Crippen LogP contribution < -0.4 is 5.48 Å². The molecular weight excluding hydrogens is 320 g/mol. The van der Waals surface area contributed by atoms with E-state index in [4.69, 9.17) is 5.21 Å². The summed E-state index contributed by atoms with van der Waals surface area (Å²) in [4.78, 5) is 26.5. The van der Waals surface area contributed by atoms with E-state index in [0.717, 1.165) is 6.42 Å². The van der Waals surface area contributed by atoms with Gasteiger partial charge < -0.3 is 10.0 Å². The minimum Gasteiger partial charge on any atom is -0.393 e. The van der Waals surface area contributed by atoms with Crippen LogP contribution in [0, 0.1) is 11.8 Å². The number of carbonyl (C=O) groups excluding carboxylic acids is 2. The van der Waals surface area contributed by atoms with Crippen LogP contribution in [0.2, 0.25) is 0 Å². The second-order valence-corrected chi connectivity index (χ2v) is 6.79. The van der Waals surface area contributed by atoms with Crippen LogP contribution in [0.5, 0.6) is 0 Å². The highest BCUT2D eigenvalue weighted by molar-refractivity contribution is 5.88. The van der Waals surface area contributed by atoms with E-state index in [0.29, 0.717) is 25.9 Å². The smallest absolute Gasteiger partial charge is 0.247 e. The number of nitrogens with one attached hydrogen (secondary N) is 1. The standard InChI is InChI=1S/C19H24N2O4/c22-15-6-7-16(17(12-15)18(23)20-25)19(24)21-10-8-14(9-11-21)13-4-2-1-3-5-13/h1-5,8,15-17,22,25H,6-7,9-12H2,(H,20,23)/t15-,16-,17-/m0/s1. The summed E-state index contributed by atoms with van der Waals surface area (Å²) in [6.07, 6.45) is 3.42. The lowest BCUT2D eigenvalue weighted by molar-refractivity contribution is -0.148. The lowest BCUT2D eigenvalue weighted by atomic mass is 9.76. The number of nitrogens with zero attached hydrogens (tertiary/aromatic N) is 1. The molecule has 134 valence electrons. The number of hydroxylamine groups is 1. The van der Waals surface area contributed by atoms with Gasteiger partial charge in [-0.15, -0.1) is 0 Å². The maximum Gasteiger partial charge on any atom is 0.247 e. The molecule has 3 rings (SSSR count). The van der Waals surface area contributed by atoms with Crippen molar-refractivity contribution in [2.24, 2.45) is 11.8 Å². The molecule has 6 nitrogen and oxygen atoms in total. The number of aliphatic hydroxyl groups is 1. The fourth-order valence-electron chi connectivity index (χ4n) is 3.83. The Hall–Kier alpha value is -2.18. The van der Waals surface area contributed by atoms with Crippen molar-refractivity contribution in [3.05, 3.63) is 42.0 Å². The SMILES string of the molecule is O=C(NO)[C@H]1C[C@@H](O)CC[C@@H]1C(=O)N1CC=C(c2ccccc2)CC1. The van der Waals surface area contributed by atoms with Crippen molar-refractivity contribution in [2.75, 3.05) is 13.1 Å². The monoisotopic (exact) mass is 344 g/mol. The topological polar surface area (TPSA) is 89.9 Å². The Kier molecular flexibility index (Phi) is 5.50. The number of aliphatic hydroxyl groups excluding tert-OH is 1. The highest BCUT2D eigenvalue weighted by Crippen LogP contribution is 2.33. The Morgan fingerprint density at radius 3 is 2.52 bits per heavy atom. The molecule has 1 aromatic rings. The molecule has 0 spiro atoms. The highest BCUT2D eigenvalue weighted by Gasteiger charge is 2.40. The third-order valence-corrected chi connectivity index (χ3v) is 5.25. The van der Waals surface area contributed by atoms with Gasteiger partial charge in [-0.3, -0.25) is 14.8 Å². The van der Waals surface area contributed by atoms with E-state index in [1.807, 2.05) is 18.2 Å². The molecule has 0 unspecified atom stereocenters. The molecule has 1 aromatic carbocycles. The summed E-state index contributed by atoms with van der Waals surface area (Å²) in [6, 6.07) is 10.1. The first-order valence-electron chi connectivity index (χ1n) is 8.75. The molecular formula is C19H24N2O4. The van der Waals surface area contributed by atoms with E-state index in [1.165, 1.54) is 11.1 Å². The summed E-state index contributed by atoms with van der Waals surface area (Å²) in [6.45, 7) is 1.14. The van der Waals surface area contributed by atoms with Crippen LogP contribution in [0.3, 0.4) is 0 Å². The van der Waals surface area contributed by atoms with Crippen molar-refractivity contribution in [1.82, 2.24) is 10.4 Å². The number of benzene rings is 1. The predicted octanol–water partition coefficient (Wildman–Crippen LogP) is 1.58. The van der Waals surface area contributed by atoms with Crippen LogP contribution >= 0.6 is 0 Å². The Bertz CT molecular complexity index is 659. The Labute approximate surface area is 147 Å². The van der Waals surface area contributed by atoms with Crippen molar-refractivity contribution in [3.8, 4) is 0 Å². The number of amides is 2. The number of carbonyl (C=O) groups is 2. The third-order valence-electron chi connectivity index (χ3n) is 5.25. The van der Waals surface area contributed by atoms with Gasteiger partial charge in [-0.05, 0) is 36.8 Å². The van der Waals surface area contributed by atoms with E-state index < -0.39 is 23.8 Å². The summed E-state index contributed by atoms with van der Waals surface area (Å²) in [5.41, 5.74) is 4.04. The van der Waals surface area contributed by atoms with Crippen molar-refractivity contribution >= 4 is 17.4 Å². The van der Waals surface area contributed by atoms with Gasteiger partial charge in [0, 0.05) is 19.0 Å². The van der Waals surface area contributed by atoms with E-state index in [-0.39, 0.29) is 12.3 Å². The molecule has 0 aromatic heterocycles. The zero-order valence-electron chi connectivity index (χ0n) is 14.1. The minimum atomic E-state index is -0.680. The van der Waals surface area contributed by atoms with Gasteiger partial charge in [0.25, 0.3) is 0 Å². The lowest BCUT2D eigenvalue weighted by Gasteiger charge is -2.36. The Morgan fingerprint density at radius 1 is 1.12 bits per heavy atom. The van der Waals surface area contributed by atoms with Crippen molar-refractivity contribution in [3.63, 3.8) is 0 Å². The highest BCUT2D eigenvalue weighted by atomic mass is 16.5. The van der Waals surface area contributed by atoms with Gasteiger partial charge in [-0.2, -0.15) is 0 Å². The molecule has 2 amide bonds. The van der Waals surface area contributed by atoms with Gasteiger partial charge in [-0.1, -0.05) is 36.4 Å². The lowest BCUT2D eigenvalue weighted by Crippen LogP contribution is -2.48. The average molecular weight is 344 g/mol. The molecule has 1 saturated carbocycles. The van der Waals surface area contributed by atoms with Crippen LogP contribution in [0.15, 0.2) is 36.4 Å². The fourth-order valence-corrected chi connectivity index (χ4v) is 3.83. The van der Waals surface area contributed by atoms with Gasteiger partial charge in [0.15, 0.2) is 0 Å². The minimum absolute atomic E-state index is 0.0659. The quantitative estimate of drug-likeness (QED) is 0.574. The molecule has 1 heterocycles. The number of rotatable bonds is 3. The molecule has 1 aliphatic heterocycles. The van der Waals surface area contributed by atoms with Crippen molar-refractivity contribution in [1.29, 1.82) is 0 Å². The molecule has 1 aliphatic carbocycles. The van der Waals surface area contributed by atoms with Gasteiger partial charge in [-0.25, -0.2) is 5.48 Å². The second kappa shape index (κ2) is 7.80. The molecule has 0 radical (unpaired) electrons. The first kappa shape index (κ1) is 17.6. The molecule has 0 bridgehead atoms. The molecule has 3 atom stereocenters. The van der Waals surface area contributed by atoms with E-state index in [9.17, 15) is 14.7 Å². The van der Waals surface area contributed by atoms with Gasteiger partial charge >= 0.3 is 0 Å². The predicted molar refractivity (Wildman–Crippen MR) is 92.4 cm³/mol. The maximum atomic E-state index is 12.9. The zero-order chi connectivity index (χ0) is 17.8. The van der Waals surface area contributed by atoms with Gasteiger partial charge in [0.2, 0.25) is 11.8 Å². The molecule has 25 heavy (non-hydrogen) atoms. The molecule has 6 heteroatoms. The van der Waals surface area contributed by atoms with Crippen LogP contribution in [0.1, 0.15) is 31.2 Å². The molecule has 1 fully saturated rings. The molecule has 0 saturated heterocycles. The number of hydrogen-bond donors (Lipinski definition) is 3. The third kappa shape index (κ3) is 3.91. The Morgan fingerprint density at radius 2 is 1.88 bits per heavy atom. The summed E-state index contributed by atoms with van der Waals surface area (Å²) in [5.74, 6) is -1.82. The van der Waals surface area contributed by atoms with Crippen LogP contribution in [-0.2, 0) is 9.59 Å². The van der Waals surface area contributed by atoms with E-state index in [2.05, 4.69) is 18.2 Å². The van der Waals surface area contributed by atoms with Crippen molar-refractivity contribution < 1.29 is 19.9 Å². The van der Waals surface area contributed by atoms with E-state index >= 15 is 0 Å². The maximum absolute atomic E-state index is 12.9. The number of hydrogen-bond acceptors (Lipinski definition) is 4. The summed E-state index contributed by atoms with van der Waals surface area (Å²) in [7, 11) is 0. The Balaban J connectivity index is 1.69. The van der Waals surface area contributed by atoms with Crippen LogP contribution in [-0.4, -0.2) is 46.2 Å². The average Bonchev–Trinajstić information content (AvgIpc) is 2.67. The first-order valence-corrected chi connectivity index (χ1v) is 8.75. The summed E-state index contributed by atoms with van der Waals surface area (Å²) >= 11 is 0. The van der Waals surface area contributed by atoms with Gasteiger partial charge in [0.05, 0.1) is 12.0 Å². The zero-order valence-corrected chi connectivity index (χ0v) is 14.1. The molecule has 2 aliphatic rings.